The van der Waals surface area contributed by atoms with Crippen LogP contribution >= 0.6 is 0 Å². The molecule has 0 saturated heterocycles. The van der Waals surface area contributed by atoms with E-state index in [1.165, 1.54) is 57.8 Å². The van der Waals surface area contributed by atoms with Gasteiger partial charge < -0.3 is 21.3 Å². The Bertz CT molecular complexity index is 378. The molecule has 6 nitrogen and oxygen atoms in total. The molecule has 0 saturated carbocycles. The number of unbranched alkanes of at least 4 members (excludes halogenated alkanes) is 13. The van der Waals surface area contributed by atoms with Crippen LogP contribution in [-0.4, -0.2) is 41.3 Å². The maximum absolute atomic E-state index is 11.2. The molecule has 0 aromatic rings. The van der Waals surface area contributed by atoms with Crippen molar-refractivity contribution in [2.75, 3.05) is 13.1 Å². The van der Waals surface area contributed by atoms with Crippen LogP contribution in [0.2, 0.25) is 0 Å². The third kappa shape index (κ3) is 19.6. The van der Waals surface area contributed by atoms with Crippen molar-refractivity contribution >= 4 is 11.9 Å². The van der Waals surface area contributed by atoms with Gasteiger partial charge in [-0.15, -0.1) is 0 Å². The zero-order valence-electron chi connectivity index (χ0n) is 17.8. The van der Waals surface area contributed by atoms with Gasteiger partial charge in [-0.2, -0.15) is 0 Å². The molecule has 0 aliphatic rings. The van der Waals surface area contributed by atoms with Crippen molar-refractivity contribution < 1.29 is 19.8 Å². The summed E-state index contributed by atoms with van der Waals surface area (Å²) in [6, 6.07) is -0.427. The van der Waals surface area contributed by atoms with Gasteiger partial charge in [0.1, 0.15) is 6.04 Å². The summed E-state index contributed by atoms with van der Waals surface area (Å²) < 4.78 is 0. The van der Waals surface area contributed by atoms with Crippen molar-refractivity contribution in [1.82, 2.24) is 5.32 Å². The van der Waals surface area contributed by atoms with E-state index in [2.05, 4.69) is 5.32 Å². The Hall–Kier alpha value is -1.14. The van der Waals surface area contributed by atoms with Crippen LogP contribution in [0.5, 0.6) is 0 Å². The Morgan fingerprint density at radius 2 is 1.14 bits per heavy atom. The molecule has 28 heavy (non-hydrogen) atoms. The first kappa shape index (κ1) is 26.9. The molecule has 0 fully saturated rings. The van der Waals surface area contributed by atoms with Crippen molar-refractivity contribution in [3.63, 3.8) is 0 Å². The lowest BCUT2D eigenvalue weighted by atomic mass is 10.0. The largest absolute Gasteiger partial charge is 0.481 e. The molecule has 0 aliphatic carbocycles. The molecule has 1 atom stereocenters. The van der Waals surface area contributed by atoms with Crippen LogP contribution < -0.4 is 11.1 Å². The van der Waals surface area contributed by atoms with Gasteiger partial charge >= 0.3 is 11.9 Å². The van der Waals surface area contributed by atoms with Gasteiger partial charge in [0, 0.05) is 6.42 Å². The average Bonchev–Trinajstić information content (AvgIpc) is 2.65. The van der Waals surface area contributed by atoms with Crippen LogP contribution in [-0.2, 0) is 9.59 Å². The number of hydrogen-bond acceptors (Lipinski definition) is 4. The van der Waals surface area contributed by atoms with Crippen LogP contribution in [0.3, 0.4) is 0 Å². The molecular weight excluding hydrogens is 356 g/mol. The number of nitrogens with two attached hydrogens (primary N) is 1. The van der Waals surface area contributed by atoms with E-state index in [1.54, 1.807) is 0 Å². The molecule has 6 heteroatoms. The second-order valence-corrected chi connectivity index (χ2v) is 7.87. The Morgan fingerprint density at radius 1 is 0.679 bits per heavy atom. The lowest BCUT2D eigenvalue weighted by molar-refractivity contribution is -0.140. The maximum atomic E-state index is 11.2. The number of carbonyl (C=O) groups is 2. The monoisotopic (exact) mass is 400 g/mol. The third-order valence-electron chi connectivity index (χ3n) is 5.20. The summed E-state index contributed by atoms with van der Waals surface area (Å²) in [6.07, 6.45) is 18.2. The lowest BCUT2D eigenvalue weighted by Crippen LogP contribution is -2.37. The predicted octanol–water partition coefficient (Wildman–Crippen LogP) is 4.70. The SMILES string of the molecule is NCCCC[C@H](NCCCCCCCCCCCCCCCC(=O)O)C(=O)O. The molecule has 0 spiro atoms. The highest BCUT2D eigenvalue weighted by molar-refractivity contribution is 5.73. The number of aliphatic carboxylic acids is 2. The summed E-state index contributed by atoms with van der Waals surface area (Å²) in [5.41, 5.74) is 5.45. The minimum atomic E-state index is -0.753. The fourth-order valence-electron chi connectivity index (χ4n) is 3.43. The number of hydrogen-bond donors (Lipinski definition) is 4. The molecule has 0 heterocycles. The van der Waals surface area contributed by atoms with Gasteiger partial charge in [0.15, 0.2) is 0 Å². The van der Waals surface area contributed by atoms with E-state index in [0.717, 1.165) is 45.1 Å². The highest BCUT2D eigenvalue weighted by Crippen LogP contribution is 2.13. The second-order valence-electron chi connectivity index (χ2n) is 7.87. The van der Waals surface area contributed by atoms with Crippen LogP contribution in [0.1, 0.15) is 109 Å². The van der Waals surface area contributed by atoms with E-state index < -0.39 is 18.0 Å². The molecule has 5 N–H and O–H groups in total. The zero-order chi connectivity index (χ0) is 20.9. The molecule has 0 aromatic carbocycles. The summed E-state index contributed by atoms with van der Waals surface area (Å²) >= 11 is 0. The Morgan fingerprint density at radius 3 is 1.57 bits per heavy atom. The van der Waals surface area contributed by atoms with Gasteiger partial charge in [0.05, 0.1) is 0 Å². The summed E-state index contributed by atoms with van der Waals surface area (Å²) in [5, 5.41) is 20.9. The molecule has 0 bridgehead atoms. The number of carboxylic acid groups (broad SMARTS) is 2. The number of nitrogens with one attached hydrogen (secondary N) is 1. The second kappa shape index (κ2) is 20.6. The van der Waals surface area contributed by atoms with Gasteiger partial charge in [0.25, 0.3) is 0 Å². The fourth-order valence-corrected chi connectivity index (χ4v) is 3.43. The van der Waals surface area contributed by atoms with Gasteiger partial charge in [-0.05, 0) is 38.8 Å². The van der Waals surface area contributed by atoms with Crippen molar-refractivity contribution in [2.24, 2.45) is 5.73 Å². The smallest absolute Gasteiger partial charge is 0.320 e. The van der Waals surface area contributed by atoms with Gasteiger partial charge in [-0.3, -0.25) is 9.59 Å². The Labute approximate surface area is 171 Å². The molecule has 0 amide bonds. The molecule has 0 aromatic heterocycles. The summed E-state index contributed by atoms with van der Waals surface area (Å²) in [7, 11) is 0. The normalized spacial score (nSPS) is 12.2. The quantitative estimate of drug-likeness (QED) is 0.196. The molecular formula is C22H44N2O4. The molecule has 0 aliphatic heterocycles. The first-order valence-corrected chi connectivity index (χ1v) is 11.5. The van der Waals surface area contributed by atoms with Gasteiger partial charge in [-0.1, -0.05) is 77.0 Å². The van der Waals surface area contributed by atoms with Crippen LogP contribution in [0.25, 0.3) is 0 Å². The zero-order valence-corrected chi connectivity index (χ0v) is 17.8. The van der Waals surface area contributed by atoms with E-state index in [1.807, 2.05) is 0 Å². The standard InChI is InChI=1S/C22H44N2O4/c23-18-14-13-16-20(22(27)28)24-19-15-11-9-7-5-3-1-2-4-6-8-10-12-17-21(25)26/h20,24H,1-19,23H2,(H,25,26)(H,27,28)/t20-/m0/s1. The van der Waals surface area contributed by atoms with Gasteiger partial charge in [-0.25, -0.2) is 0 Å². The predicted molar refractivity (Wildman–Crippen MR) is 115 cm³/mol. The molecule has 0 rings (SSSR count). The molecule has 166 valence electrons. The molecule has 0 radical (unpaired) electrons. The van der Waals surface area contributed by atoms with E-state index in [0.29, 0.717) is 19.4 Å². The van der Waals surface area contributed by atoms with Crippen molar-refractivity contribution in [2.45, 2.75) is 115 Å². The van der Waals surface area contributed by atoms with Crippen molar-refractivity contribution in [3.8, 4) is 0 Å². The van der Waals surface area contributed by atoms with E-state index in [9.17, 15) is 14.7 Å². The molecule has 0 unspecified atom stereocenters. The maximum Gasteiger partial charge on any atom is 0.320 e. The minimum absolute atomic E-state index is 0.311. The van der Waals surface area contributed by atoms with Crippen LogP contribution in [0.15, 0.2) is 0 Å². The highest BCUT2D eigenvalue weighted by atomic mass is 16.4. The van der Waals surface area contributed by atoms with E-state index in [4.69, 9.17) is 10.8 Å². The van der Waals surface area contributed by atoms with E-state index >= 15 is 0 Å². The van der Waals surface area contributed by atoms with Gasteiger partial charge in [0.2, 0.25) is 0 Å². The number of rotatable bonds is 22. The van der Waals surface area contributed by atoms with E-state index in [-0.39, 0.29) is 0 Å². The summed E-state index contributed by atoms with van der Waals surface area (Å²) in [4.78, 5) is 21.6. The highest BCUT2D eigenvalue weighted by Gasteiger charge is 2.15. The van der Waals surface area contributed by atoms with Crippen molar-refractivity contribution in [1.29, 1.82) is 0 Å². The third-order valence-corrected chi connectivity index (χ3v) is 5.20. The van der Waals surface area contributed by atoms with Crippen LogP contribution in [0, 0.1) is 0 Å². The topological polar surface area (TPSA) is 113 Å². The number of carboxylic acids is 2. The average molecular weight is 401 g/mol. The lowest BCUT2D eigenvalue weighted by Gasteiger charge is -2.14. The first-order chi connectivity index (χ1) is 13.6. The fraction of sp³-hybridized carbons (Fsp3) is 0.909. The van der Waals surface area contributed by atoms with Crippen molar-refractivity contribution in [3.05, 3.63) is 0 Å². The summed E-state index contributed by atoms with van der Waals surface area (Å²) in [5.74, 6) is -1.43. The Kier molecular flexibility index (Phi) is 19.8. The minimum Gasteiger partial charge on any atom is -0.481 e. The van der Waals surface area contributed by atoms with Crippen LogP contribution in [0.4, 0.5) is 0 Å². The first-order valence-electron chi connectivity index (χ1n) is 11.5. The Balaban J connectivity index is 3.28. The summed E-state index contributed by atoms with van der Waals surface area (Å²) in [6.45, 7) is 1.41.